The zero-order valence-electron chi connectivity index (χ0n) is 6.61. The number of aliphatic imine (C=N–C) groups is 1. The van der Waals surface area contributed by atoms with Crippen LogP contribution in [0.3, 0.4) is 0 Å². The SMILES string of the molecule is CC(CS(C)(=O)=O)N=C(N)N. The van der Waals surface area contributed by atoms with Crippen molar-refractivity contribution < 1.29 is 8.42 Å². The molecule has 11 heavy (non-hydrogen) atoms. The van der Waals surface area contributed by atoms with E-state index in [9.17, 15) is 8.42 Å². The van der Waals surface area contributed by atoms with E-state index in [2.05, 4.69) is 4.99 Å². The van der Waals surface area contributed by atoms with Gasteiger partial charge in [0.2, 0.25) is 0 Å². The van der Waals surface area contributed by atoms with E-state index in [4.69, 9.17) is 11.5 Å². The van der Waals surface area contributed by atoms with Crippen molar-refractivity contribution in [3.63, 3.8) is 0 Å². The smallest absolute Gasteiger partial charge is 0.186 e. The van der Waals surface area contributed by atoms with Gasteiger partial charge in [0.05, 0.1) is 11.8 Å². The number of nitrogens with two attached hydrogens (primary N) is 2. The summed E-state index contributed by atoms with van der Waals surface area (Å²) in [5, 5.41) is 0. The monoisotopic (exact) mass is 179 g/mol. The molecule has 0 saturated heterocycles. The minimum Gasteiger partial charge on any atom is -0.370 e. The summed E-state index contributed by atoms with van der Waals surface area (Å²) in [7, 11) is -2.99. The number of hydrogen-bond acceptors (Lipinski definition) is 3. The Labute approximate surface area is 66.4 Å². The number of nitrogens with zero attached hydrogens (tertiary/aromatic N) is 1. The zero-order chi connectivity index (χ0) is 9.07. The Kier molecular flexibility index (Phi) is 3.31. The van der Waals surface area contributed by atoms with Gasteiger partial charge in [-0.15, -0.1) is 0 Å². The molecule has 6 heteroatoms. The first-order valence-corrected chi connectivity index (χ1v) is 5.14. The highest BCUT2D eigenvalue weighted by Gasteiger charge is 2.08. The summed E-state index contributed by atoms with van der Waals surface area (Å²) in [5.41, 5.74) is 10.1. The van der Waals surface area contributed by atoms with Gasteiger partial charge in [-0.2, -0.15) is 0 Å². The summed E-state index contributed by atoms with van der Waals surface area (Å²) >= 11 is 0. The molecule has 0 rings (SSSR count). The second-order valence-electron chi connectivity index (χ2n) is 2.50. The lowest BCUT2D eigenvalue weighted by atomic mass is 10.4. The summed E-state index contributed by atoms with van der Waals surface area (Å²) in [5.74, 6) is -0.105. The topological polar surface area (TPSA) is 98.5 Å². The molecule has 0 aromatic heterocycles. The maximum Gasteiger partial charge on any atom is 0.186 e. The molecule has 0 radical (unpaired) electrons. The van der Waals surface area contributed by atoms with Crippen LogP contribution in [0.25, 0.3) is 0 Å². The highest BCUT2D eigenvalue weighted by Crippen LogP contribution is 1.93. The van der Waals surface area contributed by atoms with Crippen LogP contribution in [0.1, 0.15) is 6.92 Å². The van der Waals surface area contributed by atoms with E-state index in [-0.39, 0.29) is 17.8 Å². The predicted molar refractivity (Wildman–Crippen MR) is 45.0 cm³/mol. The van der Waals surface area contributed by atoms with Crippen molar-refractivity contribution in [2.24, 2.45) is 16.5 Å². The number of hydrogen-bond donors (Lipinski definition) is 2. The molecule has 0 fully saturated rings. The van der Waals surface area contributed by atoms with E-state index in [1.54, 1.807) is 6.92 Å². The summed E-state index contributed by atoms with van der Waals surface area (Å²) < 4.78 is 21.3. The van der Waals surface area contributed by atoms with Gasteiger partial charge in [-0.1, -0.05) is 0 Å². The lowest BCUT2D eigenvalue weighted by Crippen LogP contribution is -2.27. The van der Waals surface area contributed by atoms with Crippen LogP contribution >= 0.6 is 0 Å². The van der Waals surface area contributed by atoms with Crippen LogP contribution in [0.15, 0.2) is 4.99 Å². The molecule has 0 aliphatic carbocycles. The fourth-order valence-electron chi connectivity index (χ4n) is 0.730. The molecule has 1 atom stereocenters. The Hall–Kier alpha value is -0.780. The number of rotatable bonds is 3. The third kappa shape index (κ3) is 7.11. The number of sulfone groups is 1. The van der Waals surface area contributed by atoms with E-state index >= 15 is 0 Å². The maximum absolute atomic E-state index is 10.7. The minimum atomic E-state index is -2.99. The van der Waals surface area contributed by atoms with Gasteiger partial charge in [-0.05, 0) is 6.92 Å². The van der Waals surface area contributed by atoms with Gasteiger partial charge in [-0.25, -0.2) is 13.4 Å². The fourth-order valence-corrected chi connectivity index (χ4v) is 1.68. The van der Waals surface area contributed by atoms with Crippen LogP contribution in [0, 0.1) is 0 Å². The van der Waals surface area contributed by atoms with Crippen molar-refractivity contribution in [2.75, 3.05) is 12.0 Å². The average Bonchev–Trinajstić information content (AvgIpc) is 1.53. The summed E-state index contributed by atoms with van der Waals surface area (Å²) in [4.78, 5) is 3.66. The Bertz CT molecular complexity index is 240. The molecule has 0 aromatic carbocycles. The fraction of sp³-hybridized carbons (Fsp3) is 0.800. The Morgan fingerprint density at radius 1 is 1.55 bits per heavy atom. The van der Waals surface area contributed by atoms with Gasteiger partial charge in [-0.3, -0.25) is 0 Å². The van der Waals surface area contributed by atoms with Crippen LogP contribution in [-0.4, -0.2) is 32.4 Å². The van der Waals surface area contributed by atoms with Crippen LogP contribution in [0.5, 0.6) is 0 Å². The molecule has 0 spiro atoms. The lowest BCUT2D eigenvalue weighted by molar-refractivity contribution is 0.596. The van der Waals surface area contributed by atoms with E-state index in [0.29, 0.717) is 0 Å². The summed E-state index contributed by atoms with van der Waals surface area (Å²) in [6.45, 7) is 1.64. The van der Waals surface area contributed by atoms with Crippen molar-refractivity contribution >= 4 is 15.8 Å². The quantitative estimate of drug-likeness (QED) is 0.415. The molecular weight excluding hydrogens is 166 g/mol. The van der Waals surface area contributed by atoms with Crippen molar-refractivity contribution in [3.05, 3.63) is 0 Å². The molecule has 1 unspecified atom stereocenters. The second kappa shape index (κ2) is 3.56. The van der Waals surface area contributed by atoms with Gasteiger partial charge in [0, 0.05) is 6.26 Å². The van der Waals surface area contributed by atoms with Gasteiger partial charge < -0.3 is 11.5 Å². The summed E-state index contributed by atoms with van der Waals surface area (Å²) in [6.07, 6.45) is 1.14. The largest absolute Gasteiger partial charge is 0.370 e. The van der Waals surface area contributed by atoms with Crippen LogP contribution in [0.4, 0.5) is 0 Å². The highest BCUT2D eigenvalue weighted by molar-refractivity contribution is 7.90. The van der Waals surface area contributed by atoms with Gasteiger partial charge in [0.25, 0.3) is 0 Å². The average molecular weight is 179 g/mol. The third-order valence-electron chi connectivity index (χ3n) is 0.913. The number of guanidine groups is 1. The Morgan fingerprint density at radius 3 is 2.27 bits per heavy atom. The molecule has 4 N–H and O–H groups in total. The molecule has 0 heterocycles. The summed E-state index contributed by atoms with van der Waals surface area (Å²) in [6, 6.07) is -0.366. The van der Waals surface area contributed by atoms with Gasteiger partial charge in [0.15, 0.2) is 5.96 Å². The van der Waals surface area contributed by atoms with Crippen molar-refractivity contribution in [3.8, 4) is 0 Å². The highest BCUT2D eigenvalue weighted by atomic mass is 32.2. The third-order valence-corrected chi connectivity index (χ3v) is 2.00. The first-order valence-electron chi connectivity index (χ1n) is 3.08. The second-order valence-corrected chi connectivity index (χ2v) is 4.68. The van der Waals surface area contributed by atoms with Gasteiger partial charge >= 0.3 is 0 Å². The van der Waals surface area contributed by atoms with E-state index < -0.39 is 9.84 Å². The Balaban J connectivity index is 4.11. The predicted octanol–water partition coefficient (Wildman–Crippen LogP) is -1.31. The van der Waals surface area contributed by atoms with Crippen LogP contribution < -0.4 is 11.5 Å². The molecule has 0 amide bonds. The molecule has 66 valence electrons. The molecule has 0 aromatic rings. The Morgan fingerprint density at radius 2 is 2.00 bits per heavy atom. The van der Waals surface area contributed by atoms with Crippen molar-refractivity contribution in [2.45, 2.75) is 13.0 Å². The van der Waals surface area contributed by atoms with Crippen molar-refractivity contribution in [1.82, 2.24) is 0 Å². The van der Waals surface area contributed by atoms with Crippen LogP contribution in [0.2, 0.25) is 0 Å². The molecule has 0 bridgehead atoms. The first kappa shape index (κ1) is 10.2. The van der Waals surface area contributed by atoms with E-state index in [0.717, 1.165) is 6.26 Å². The standard InChI is InChI=1S/C5H13N3O2S/c1-4(8-5(6)7)3-11(2,9)10/h4H,3H2,1-2H3,(H4,6,7,8). The molecule has 0 saturated carbocycles. The van der Waals surface area contributed by atoms with Crippen LogP contribution in [-0.2, 0) is 9.84 Å². The molecule has 0 aliphatic heterocycles. The molecule has 0 aliphatic rings. The normalized spacial score (nSPS) is 14.0. The maximum atomic E-state index is 10.7. The van der Waals surface area contributed by atoms with E-state index in [1.807, 2.05) is 0 Å². The zero-order valence-corrected chi connectivity index (χ0v) is 7.43. The molecular formula is C5H13N3O2S. The lowest BCUT2D eigenvalue weighted by Gasteiger charge is -2.03. The van der Waals surface area contributed by atoms with Gasteiger partial charge in [0.1, 0.15) is 9.84 Å². The minimum absolute atomic E-state index is 0.0229. The van der Waals surface area contributed by atoms with E-state index in [1.165, 1.54) is 0 Å². The van der Waals surface area contributed by atoms with Crippen molar-refractivity contribution in [1.29, 1.82) is 0 Å². The first-order chi connectivity index (χ1) is 4.81. The molecule has 5 nitrogen and oxygen atoms in total.